The summed E-state index contributed by atoms with van der Waals surface area (Å²) >= 11 is 0. The highest BCUT2D eigenvalue weighted by molar-refractivity contribution is 5.17. The third kappa shape index (κ3) is 3.69. The monoisotopic (exact) mass is 231 g/mol. The van der Waals surface area contributed by atoms with Crippen molar-refractivity contribution in [3.05, 3.63) is 54.4 Å². The summed E-state index contributed by atoms with van der Waals surface area (Å²) in [5.41, 5.74) is 0.944. The molecule has 0 amide bonds. The van der Waals surface area contributed by atoms with E-state index in [-0.39, 0.29) is 0 Å². The van der Waals surface area contributed by atoms with Gasteiger partial charge in [-0.2, -0.15) is 5.10 Å². The number of aliphatic hydroxyl groups excluding tert-OH is 1. The summed E-state index contributed by atoms with van der Waals surface area (Å²) in [4.78, 5) is 0. The predicted octanol–water partition coefficient (Wildman–Crippen LogP) is 1.21. The quantitative estimate of drug-likeness (QED) is 0.735. The van der Waals surface area contributed by atoms with Crippen LogP contribution in [0.5, 0.6) is 0 Å². The number of aromatic nitrogens is 2. The van der Waals surface area contributed by atoms with Gasteiger partial charge in [-0.05, 0) is 11.6 Å². The molecule has 17 heavy (non-hydrogen) atoms. The van der Waals surface area contributed by atoms with Crippen LogP contribution in [0.15, 0.2) is 48.8 Å². The molecule has 90 valence electrons. The second-order valence-corrected chi connectivity index (χ2v) is 3.90. The van der Waals surface area contributed by atoms with Gasteiger partial charge in [0.15, 0.2) is 0 Å². The second kappa shape index (κ2) is 6.18. The molecule has 0 aliphatic heterocycles. The van der Waals surface area contributed by atoms with Crippen LogP contribution >= 0.6 is 0 Å². The Kier molecular flexibility index (Phi) is 4.30. The second-order valence-electron chi connectivity index (χ2n) is 3.90. The molecule has 0 spiro atoms. The van der Waals surface area contributed by atoms with Crippen LogP contribution < -0.4 is 5.32 Å². The Morgan fingerprint density at radius 3 is 2.76 bits per heavy atom. The highest BCUT2D eigenvalue weighted by Crippen LogP contribution is 2.10. The van der Waals surface area contributed by atoms with E-state index in [1.165, 1.54) is 0 Å². The molecule has 4 nitrogen and oxygen atoms in total. The summed E-state index contributed by atoms with van der Waals surface area (Å²) in [7, 11) is 0. The molecule has 1 aromatic carbocycles. The maximum Gasteiger partial charge on any atom is 0.0914 e. The molecule has 1 heterocycles. The van der Waals surface area contributed by atoms with Crippen molar-refractivity contribution in [1.82, 2.24) is 15.1 Å². The molecular weight excluding hydrogens is 214 g/mol. The minimum atomic E-state index is -0.450. The maximum absolute atomic E-state index is 9.89. The Labute approximate surface area is 101 Å². The number of aliphatic hydroxyl groups is 1. The molecule has 4 heteroatoms. The average molecular weight is 231 g/mol. The smallest absolute Gasteiger partial charge is 0.0914 e. The minimum absolute atomic E-state index is 0.450. The average Bonchev–Trinajstić information content (AvgIpc) is 2.88. The molecule has 0 radical (unpaired) electrons. The highest BCUT2D eigenvalue weighted by atomic mass is 16.3. The predicted molar refractivity (Wildman–Crippen MR) is 66.5 cm³/mol. The van der Waals surface area contributed by atoms with Crippen LogP contribution in [0.2, 0.25) is 0 Å². The van der Waals surface area contributed by atoms with Crippen LogP contribution in [-0.2, 0) is 6.54 Å². The van der Waals surface area contributed by atoms with Crippen molar-refractivity contribution in [2.45, 2.75) is 12.6 Å². The van der Waals surface area contributed by atoms with Crippen molar-refractivity contribution < 1.29 is 5.11 Å². The largest absolute Gasteiger partial charge is 0.387 e. The molecule has 2 aromatic rings. The Bertz CT molecular complexity index is 413. The number of rotatable bonds is 6. The lowest BCUT2D eigenvalue weighted by molar-refractivity contribution is 0.174. The summed E-state index contributed by atoms with van der Waals surface area (Å²) in [6.07, 6.45) is 3.24. The Morgan fingerprint density at radius 2 is 2.06 bits per heavy atom. The molecule has 0 saturated carbocycles. The molecule has 0 aliphatic carbocycles. The first kappa shape index (κ1) is 11.8. The zero-order valence-electron chi connectivity index (χ0n) is 9.66. The van der Waals surface area contributed by atoms with E-state index in [0.717, 1.165) is 18.7 Å². The Balaban J connectivity index is 1.68. The Morgan fingerprint density at radius 1 is 1.24 bits per heavy atom. The lowest BCUT2D eigenvalue weighted by atomic mass is 10.1. The molecule has 0 fully saturated rings. The van der Waals surface area contributed by atoms with Crippen molar-refractivity contribution in [3.8, 4) is 0 Å². The molecule has 1 aromatic heterocycles. The first-order valence-corrected chi connectivity index (χ1v) is 5.77. The van der Waals surface area contributed by atoms with E-state index in [0.29, 0.717) is 6.54 Å². The van der Waals surface area contributed by atoms with Gasteiger partial charge in [0.1, 0.15) is 0 Å². The molecule has 2 N–H and O–H groups in total. The van der Waals surface area contributed by atoms with Gasteiger partial charge in [-0.25, -0.2) is 0 Å². The maximum atomic E-state index is 9.89. The minimum Gasteiger partial charge on any atom is -0.387 e. The van der Waals surface area contributed by atoms with Crippen molar-refractivity contribution in [1.29, 1.82) is 0 Å². The van der Waals surface area contributed by atoms with Gasteiger partial charge >= 0.3 is 0 Å². The van der Waals surface area contributed by atoms with Gasteiger partial charge in [0.25, 0.3) is 0 Å². The van der Waals surface area contributed by atoms with Gasteiger partial charge in [-0.1, -0.05) is 30.3 Å². The third-order valence-corrected chi connectivity index (χ3v) is 2.60. The molecule has 2 rings (SSSR count). The van der Waals surface area contributed by atoms with Gasteiger partial charge < -0.3 is 10.4 Å². The fourth-order valence-electron chi connectivity index (χ4n) is 1.66. The van der Waals surface area contributed by atoms with Gasteiger partial charge in [0, 0.05) is 25.5 Å². The number of benzene rings is 1. The first-order chi connectivity index (χ1) is 8.36. The summed E-state index contributed by atoms with van der Waals surface area (Å²) in [5, 5.41) is 17.2. The molecule has 1 unspecified atom stereocenters. The lowest BCUT2D eigenvalue weighted by Crippen LogP contribution is -2.25. The van der Waals surface area contributed by atoms with Crippen molar-refractivity contribution >= 4 is 0 Å². The van der Waals surface area contributed by atoms with Crippen LogP contribution in [-0.4, -0.2) is 28.0 Å². The van der Waals surface area contributed by atoms with Gasteiger partial charge in [-0.3, -0.25) is 4.68 Å². The standard InChI is InChI=1S/C13H17N3O/c17-13(12-5-2-1-3-6-12)11-14-8-10-16-9-4-7-15-16/h1-7,9,13-14,17H,8,10-11H2. The number of nitrogens with zero attached hydrogens (tertiary/aromatic N) is 2. The summed E-state index contributed by atoms with van der Waals surface area (Å²) in [5.74, 6) is 0. The Hall–Kier alpha value is -1.65. The zero-order chi connectivity index (χ0) is 11.9. The molecule has 0 bridgehead atoms. The van der Waals surface area contributed by atoms with Crippen LogP contribution in [0.4, 0.5) is 0 Å². The van der Waals surface area contributed by atoms with E-state index >= 15 is 0 Å². The molecule has 0 aliphatic rings. The highest BCUT2D eigenvalue weighted by Gasteiger charge is 2.05. The lowest BCUT2D eigenvalue weighted by Gasteiger charge is -2.12. The molecule has 1 atom stereocenters. The van der Waals surface area contributed by atoms with E-state index in [1.54, 1.807) is 6.20 Å². The van der Waals surface area contributed by atoms with Crippen LogP contribution in [0, 0.1) is 0 Å². The number of hydrogen-bond donors (Lipinski definition) is 2. The SMILES string of the molecule is OC(CNCCn1cccn1)c1ccccc1. The van der Waals surface area contributed by atoms with E-state index < -0.39 is 6.10 Å². The van der Waals surface area contributed by atoms with Gasteiger partial charge in [0.05, 0.1) is 12.6 Å². The fraction of sp³-hybridized carbons (Fsp3) is 0.308. The molecule has 0 saturated heterocycles. The third-order valence-electron chi connectivity index (χ3n) is 2.60. The summed E-state index contributed by atoms with van der Waals surface area (Å²) in [6.45, 7) is 2.17. The van der Waals surface area contributed by atoms with Gasteiger partial charge in [-0.15, -0.1) is 0 Å². The molecular formula is C13H17N3O. The van der Waals surface area contributed by atoms with Crippen molar-refractivity contribution in [2.24, 2.45) is 0 Å². The summed E-state index contributed by atoms with van der Waals surface area (Å²) in [6, 6.07) is 11.6. The van der Waals surface area contributed by atoms with Crippen molar-refractivity contribution in [2.75, 3.05) is 13.1 Å². The van der Waals surface area contributed by atoms with E-state index in [1.807, 2.05) is 47.3 Å². The number of nitrogens with one attached hydrogen (secondary N) is 1. The van der Waals surface area contributed by atoms with Crippen molar-refractivity contribution in [3.63, 3.8) is 0 Å². The van der Waals surface area contributed by atoms with E-state index in [9.17, 15) is 5.11 Å². The van der Waals surface area contributed by atoms with Crippen LogP contribution in [0.25, 0.3) is 0 Å². The normalized spacial score (nSPS) is 12.5. The first-order valence-electron chi connectivity index (χ1n) is 5.77. The van der Waals surface area contributed by atoms with E-state index in [2.05, 4.69) is 10.4 Å². The fourth-order valence-corrected chi connectivity index (χ4v) is 1.66. The topological polar surface area (TPSA) is 50.1 Å². The van der Waals surface area contributed by atoms with Crippen LogP contribution in [0.3, 0.4) is 0 Å². The zero-order valence-corrected chi connectivity index (χ0v) is 9.66. The van der Waals surface area contributed by atoms with E-state index in [4.69, 9.17) is 0 Å². The van der Waals surface area contributed by atoms with Gasteiger partial charge in [0.2, 0.25) is 0 Å². The summed E-state index contributed by atoms with van der Waals surface area (Å²) < 4.78 is 1.86. The van der Waals surface area contributed by atoms with Crippen LogP contribution in [0.1, 0.15) is 11.7 Å². The number of hydrogen-bond acceptors (Lipinski definition) is 3.